The molecular formula is C18H12F5O3PSe. The Labute approximate surface area is 159 Å². The summed E-state index contributed by atoms with van der Waals surface area (Å²) in [5.74, 6) is -11.2. The molecule has 0 fully saturated rings. The molecular weight excluding hydrogens is 469 g/mol. The molecule has 0 aliphatic rings. The minimum absolute atomic E-state index is 0.0854. The molecule has 28 heavy (non-hydrogen) atoms. The van der Waals surface area contributed by atoms with Crippen molar-refractivity contribution in [3.8, 4) is 11.1 Å². The van der Waals surface area contributed by atoms with Crippen LogP contribution >= 0.6 is 6.19 Å². The predicted octanol–water partition coefficient (Wildman–Crippen LogP) is 2.89. The normalized spacial score (nSPS) is 12.9. The standard InChI is InChI=1S/C18H12F5O3PSe/c19-13-14(20)16(22)18(17(23)15(13)21)28(27(24,25)26)12-9-5-4-8-11(12)10-6-2-1-3-7-10/h1-9,24-26H. The van der Waals surface area contributed by atoms with Gasteiger partial charge in [0.25, 0.3) is 0 Å². The summed E-state index contributed by atoms with van der Waals surface area (Å²) in [4.78, 5) is 29.9. The number of hydrogen-bond donors (Lipinski definition) is 3. The zero-order valence-corrected chi connectivity index (χ0v) is 16.4. The molecule has 3 nitrogen and oxygen atoms in total. The van der Waals surface area contributed by atoms with E-state index in [0.717, 1.165) is 0 Å². The fraction of sp³-hybridized carbons (Fsp3) is 0. The van der Waals surface area contributed by atoms with Crippen molar-refractivity contribution in [3.05, 3.63) is 83.7 Å². The monoisotopic (exact) mass is 482 g/mol. The van der Waals surface area contributed by atoms with Crippen LogP contribution in [0.2, 0.25) is 0 Å². The van der Waals surface area contributed by atoms with Gasteiger partial charge in [0.2, 0.25) is 0 Å². The van der Waals surface area contributed by atoms with Gasteiger partial charge in [0.05, 0.1) is 0 Å². The first kappa shape index (κ1) is 20.9. The molecule has 3 aromatic carbocycles. The zero-order valence-electron chi connectivity index (χ0n) is 13.8. The van der Waals surface area contributed by atoms with Crippen molar-refractivity contribution in [1.82, 2.24) is 0 Å². The summed E-state index contributed by atoms with van der Waals surface area (Å²) in [6.45, 7) is 0. The number of rotatable bonds is 3. The Hall–Kier alpha value is -1.86. The van der Waals surface area contributed by atoms with E-state index in [-0.39, 0.29) is 10.0 Å². The van der Waals surface area contributed by atoms with E-state index in [0.29, 0.717) is 5.56 Å². The summed E-state index contributed by atoms with van der Waals surface area (Å²) in [5, 5.41) is 0. The molecule has 3 aromatic rings. The van der Waals surface area contributed by atoms with Gasteiger partial charge in [0, 0.05) is 0 Å². The average molecular weight is 481 g/mol. The average Bonchev–Trinajstić information content (AvgIpc) is 2.68. The van der Waals surface area contributed by atoms with Gasteiger partial charge in [-0.15, -0.1) is 0 Å². The van der Waals surface area contributed by atoms with E-state index in [1.54, 1.807) is 36.4 Å². The van der Waals surface area contributed by atoms with Crippen LogP contribution in [0.5, 0.6) is 0 Å². The van der Waals surface area contributed by atoms with Gasteiger partial charge >= 0.3 is 160 Å². The molecule has 1 atom stereocenters. The van der Waals surface area contributed by atoms with Crippen molar-refractivity contribution in [2.75, 3.05) is 0 Å². The Morgan fingerprint density at radius 3 is 1.61 bits per heavy atom. The van der Waals surface area contributed by atoms with Gasteiger partial charge in [-0.3, -0.25) is 0 Å². The molecule has 3 N–H and O–H groups in total. The van der Waals surface area contributed by atoms with E-state index in [2.05, 4.69) is 0 Å². The van der Waals surface area contributed by atoms with Crippen LogP contribution in [0, 0.1) is 29.1 Å². The van der Waals surface area contributed by atoms with Crippen LogP contribution in [0.25, 0.3) is 11.1 Å². The van der Waals surface area contributed by atoms with Crippen molar-refractivity contribution in [1.29, 1.82) is 0 Å². The summed E-state index contributed by atoms with van der Waals surface area (Å²) in [6.07, 6.45) is -5.04. The van der Waals surface area contributed by atoms with E-state index in [1.165, 1.54) is 18.2 Å². The van der Waals surface area contributed by atoms with Crippen LogP contribution in [0.3, 0.4) is 0 Å². The second-order valence-corrected chi connectivity index (χ2v) is 14.5. The second-order valence-electron chi connectivity index (χ2n) is 5.56. The van der Waals surface area contributed by atoms with Crippen LogP contribution in [-0.2, 0) is 0 Å². The van der Waals surface area contributed by atoms with Crippen molar-refractivity contribution in [2.45, 2.75) is 0 Å². The van der Waals surface area contributed by atoms with Gasteiger partial charge in [-0.2, -0.15) is 0 Å². The molecule has 10 heteroatoms. The van der Waals surface area contributed by atoms with Crippen molar-refractivity contribution in [2.24, 2.45) is 0 Å². The fourth-order valence-corrected chi connectivity index (χ4v) is 10.8. The predicted molar refractivity (Wildman–Crippen MR) is 96.7 cm³/mol. The Kier molecular flexibility index (Phi) is 5.87. The quantitative estimate of drug-likeness (QED) is 0.177. The van der Waals surface area contributed by atoms with Crippen LogP contribution in [0.15, 0.2) is 54.6 Å². The maximum absolute atomic E-state index is 14.4. The summed E-state index contributed by atoms with van der Waals surface area (Å²) < 4.78 is 68.2. The Morgan fingerprint density at radius 2 is 1.07 bits per heavy atom. The van der Waals surface area contributed by atoms with E-state index < -0.39 is 52.7 Å². The molecule has 0 heterocycles. The van der Waals surface area contributed by atoms with Gasteiger partial charge < -0.3 is 0 Å². The first-order chi connectivity index (χ1) is 13.1. The Balaban J connectivity index is 2.44. The molecule has 0 aliphatic carbocycles. The molecule has 0 aliphatic heterocycles. The van der Waals surface area contributed by atoms with Crippen LogP contribution in [0.4, 0.5) is 22.0 Å². The third-order valence-corrected chi connectivity index (χ3v) is 12.5. The van der Waals surface area contributed by atoms with Crippen molar-refractivity contribution < 1.29 is 36.6 Å². The van der Waals surface area contributed by atoms with Gasteiger partial charge in [-0.25, -0.2) is 0 Å². The zero-order chi connectivity index (χ0) is 20.6. The SMILES string of the molecule is OP(O)(O)=[Se](c1ccccc1-c1ccccc1)c1c(F)c(F)c(F)c(F)c1F. The molecule has 148 valence electrons. The Bertz CT molecular complexity index is 1080. The van der Waals surface area contributed by atoms with E-state index in [9.17, 15) is 36.6 Å². The van der Waals surface area contributed by atoms with E-state index in [4.69, 9.17) is 0 Å². The summed E-state index contributed by atoms with van der Waals surface area (Å²) in [5.41, 5.74) is 0.780. The molecule has 0 spiro atoms. The third-order valence-electron chi connectivity index (χ3n) is 3.79. The van der Waals surface area contributed by atoms with Gasteiger partial charge in [0.1, 0.15) is 0 Å². The van der Waals surface area contributed by atoms with Gasteiger partial charge in [-0.05, 0) is 0 Å². The summed E-state index contributed by atoms with van der Waals surface area (Å²) >= 11 is -3.94. The van der Waals surface area contributed by atoms with Gasteiger partial charge in [-0.1, -0.05) is 0 Å². The third kappa shape index (κ3) is 3.70. The molecule has 0 radical (unpaired) electrons. The summed E-state index contributed by atoms with van der Waals surface area (Å²) in [6, 6.07) is 14.0. The van der Waals surface area contributed by atoms with Crippen LogP contribution in [0.1, 0.15) is 0 Å². The Morgan fingerprint density at radius 1 is 0.607 bits per heavy atom. The summed E-state index contributed by atoms with van der Waals surface area (Å²) in [7, 11) is 0. The van der Waals surface area contributed by atoms with Crippen molar-refractivity contribution >= 4 is 28.1 Å². The maximum atomic E-state index is 14.4. The topological polar surface area (TPSA) is 60.7 Å². The van der Waals surface area contributed by atoms with Gasteiger partial charge in [0.15, 0.2) is 0 Å². The molecule has 0 amide bonds. The molecule has 0 saturated heterocycles. The number of hydrogen-bond acceptors (Lipinski definition) is 3. The second kappa shape index (κ2) is 7.87. The minimum atomic E-state index is -5.04. The van der Waals surface area contributed by atoms with Crippen LogP contribution < -0.4 is 8.92 Å². The first-order valence-corrected chi connectivity index (χ1v) is 13.2. The number of halogens is 5. The molecule has 0 saturated carbocycles. The molecule has 0 bridgehead atoms. The first-order valence-electron chi connectivity index (χ1n) is 7.62. The molecule has 3 rings (SSSR count). The molecule has 1 unspecified atom stereocenters. The molecule has 0 aromatic heterocycles. The van der Waals surface area contributed by atoms with E-state index in [1.807, 2.05) is 0 Å². The van der Waals surface area contributed by atoms with Crippen LogP contribution in [-0.4, -0.2) is 27.7 Å². The fourth-order valence-electron chi connectivity index (χ4n) is 2.61. The van der Waals surface area contributed by atoms with Crippen molar-refractivity contribution in [3.63, 3.8) is 0 Å². The van der Waals surface area contributed by atoms with E-state index >= 15 is 0 Å². The number of benzene rings is 3.